The molecule has 0 aliphatic heterocycles. The highest BCUT2D eigenvalue weighted by Gasteiger charge is 2.30. The summed E-state index contributed by atoms with van der Waals surface area (Å²) < 4.78 is 68.7. The Morgan fingerprint density at radius 3 is 0.779 bits per heavy atom. The lowest BCUT2D eigenvalue weighted by Gasteiger charge is -2.21. The van der Waals surface area contributed by atoms with E-state index in [9.17, 15) is 43.2 Å². The molecule has 0 aromatic rings. The van der Waals surface area contributed by atoms with E-state index in [1.807, 2.05) is 0 Å². The van der Waals surface area contributed by atoms with Gasteiger partial charge in [-0.05, 0) is 103 Å². The van der Waals surface area contributed by atoms with Gasteiger partial charge in [-0.3, -0.25) is 37.3 Å². The lowest BCUT2D eigenvalue weighted by molar-refractivity contribution is -0.161. The Morgan fingerprint density at radius 1 is 0.279 bits per heavy atom. The second-order valence-corrected chi connectivity index (χ2v) is 30.6. The SMILES string of the molecule is CC/C=C\C/C=C\C/C=C\C/C=C\C/C=C\CCCCCC(=O)OCC(COP(=O)(O)OCC(O)COP(=O)(O)OCC(COC(=O)CCCCCCCCC/C=C\C/C=C\C/C=C\CC)OC(=O)CCCCCCCCCCCCCCCCC)OC(=O)CCCCCCCCCCCCCCC. The number of ether oxygens (including phenoxy) is 4. The number of rotatable bonds is 78. The van der Waals surface area contributed by atoms with Gasteiger partial charge in [-0.1, -0.05) is 330 Å². The molecule has 0 amide bonds. The van der Waals surface area contributed by atoms with E-state index in [-0.39, 0.29) is 25.7 Å². The molecule has 0 heterocycles. The number of hydrogen-bond donors (Lipinski definition) is 3. The van der Waals surface area contributed by atoms with Crippen molar-refractivity contribution in [3.05, 3.63) is 97.2 Å². The van der Waals surface area contributed by atoms with E-state index in [0.717, 1.165) is 167 Å². The predicted molar refractivity (Wildman–Crippen MR) is 427 cm³/mol. The Morgan fingerprint density at radius 2 is 0.500 bits per heavy atom. The highest BCUT2D eigenvalue weighted by Crippen LogP contribution is 2.45. The van der Waals surface area contributed by atoms with Gasteiger partial charge in [-0.2, -0.15) is 0 Å². The van der Waals surface area contributed by atoms with Crippen molar-refractivity contribution in [2.45, 2.75) is 380 Å². The van der Waals surface area contributed by atoms with Gasteiger partial charge in [0.25, 0.3) is 0 Å². The summed E-state index contributed by atoms with van der Waals surface area (Å²) >= 11 is 0. The Kier molecular flexibility index (Phi) is 74.2. The highest BCUT2D eigenvalue weighted by molar-refractivity contribution is 7.47. The predicted octanol–water partition coefficient (Wildman–Crippen LogP) is 24.3. The number of aliphatic hydroxyl groups excluding tert-OH is 1. The van der Waals surface area contributed by atoms with E-state index in [1.54, 1.807) is 0 Å². The quantitative estimate of drug-likeness (QED) is 0.0169. The topological polar surface area (TPSA) is 237 Å². The third-order valence-electron chi connectivity index (χ3n) is 17.6. The maximum Gasteiger partial charge on any atom is 0.472 e. The molecular formula is C85H150O17P2. The van der Waals surface area contributed by atoms with Gasteiger partial charge in [0.2, 0.25) is 0 Å². The normalized spacial score (nSPS) is 14.3. The zero-order valence-electron chi connectivity index (χ0n) is 65.9. The second-order valence-electron chi connectivity index (χ2n) is 27.7. The first kappa shape index (κ1) is 100.0. The van der Waals surface area contributed by atoms with Crippen LogP contribution in [-0.2, 0) is 65.4 Å². The van der Waals surface area contributed by atoms with Crippen molar-refractivity contribution in [3.63, 3.8) is 0 Å². The fourth-order valence-corrected chi connectivity index (χ4v) is 12.9. The van der Waals surface area contributed by atoms with E-state index < -0.39 is 97.5 Å². The molecule has 0 rings (SSSR count). The van der Waals surface area contributed by atoms with Gasteiger partial charge in [0.1, 0.15) is 19.3 Å². The molecule has 0 bridgehead atoms. The maximum absolute atomic E-state index is 13.1. The number of carbonyl (C=O) groups is 4. The standard InChI is InChI=1S/C85H150O17P2/c1-5-9-13-17-21-25-29-33-36-38-39-41-44-47-50-54-58-62-66-70-83(88)95-75-80(101-84(89)71-67-63-59-55-51-45-32-28-24-20-16-12-8-4)77-99-103(91,92)97-73-79(86)74-98-104(93,94)100-78-81(102-85(90)72-68-64-60-56-52-48-42-35-31-27-23-19-15-11-7-3)76-96-82(87)69-65-61-57-53-49-46-43-40-37-34-30-26-22-18-14-10-6-2/h9-10,13-14,21-22,25-26,33-34,36-37,39,41,47,50,79-81,86H,5-8,11-12,15-20,23-24,27-32,35,38,40,42-46,48-49,51-78H2,1-4H3,(H,91,92)(H,93,94)/b13-9-,14-10-,25-21-,26-22-,36-33-,37-34-,41-39-,50-47-. The Bertz CT molecular complexity index is 2350. The largest absolute Gasteiger partial charge is 0.472 e. The van der Waals surface area contributed by atoms with Crippen LogP contribution in [-0.4, -0.2) is 96.7 Å². The summed E-state index contributed by atoms with van der Waals surface area (Å²) in [7, 11) is -9.96. The molecule has 0 spiro atoms. The number of esters is 4. The lowest BCUT2D eigenvalue weighted by atomic mass is 10.0. The molecule has 0 saturated carbocycles. The summed E-state index contributed by atoms with van der Waals surface area (Å²) in [6.45, 7) is 4.67. The van der Waals surface area contributed by atoms with Crippen molar-refractivity contribution >= 4 is 39.5 Å². The molecular weight excluding hydrogens is 1350 g/mol. The van der Waals surface area contributed by atoms with Crippen molar-refractivity contribution in [2.75, 3.05) is 39.6 Å². The zero-order valence-corrected chi connectivity index (χ0v) is 67.7. The van der Waals surface area contributed by atoms with Crippen LogP contribution in [0.15, 0.2) is 97.2 Å². The summed E-state index contributed by atoms with van der Waals surface area (Å²) in [6.07, 6.45) is 82.3. The van der Waals surface area contributed by atoms with Crippen LogP contribution in [0, 0.1) is 0 Å². The summed E-state index contributed by atoms with van der Waals surface area (Å²) in [4.78, 5) is 73.1. The van der Waals surface area contributed by atoms with Gasteiger partial charge in [0.05, 0.1) is 26.4 Å². The molecule has 0 radical (unpaired) electrons. The first-order chi connectivity index (χ1) is 50.7. The van der Waals surface area contributed by atoms with Crippen LogP contribution in [0.3, 0.4) is 0 Å². The van der Waals surface area contributed by atoms with Crippen molar-refractivity contribution in [1.29, 1.82) is 0 Å². The van der Waals surface area contributed by atoms with Crippen LogP contribution >= 0.6 is 15.6 Å². The van der Waals surface area contributed by atoms with Crippen LogP contribution in [0.4, 0.5) is 0 Å². The van der Waals surface area contributed by atoms with E-state index in [0.29, 0.717) is 25.7 Å². The number of hydrogen-bond acceptors (Lipinski definition) is 15. The van der Waals surface area contributed by atoms with Crippen LogP contribution in [0.5, 0.6) is 0 Å². The first-order valence-electron chi connectivity index (χ1n) is 41.5. The Labute approximate surface area is 633 Å². The number of carbonyl (C=O) groups excluding carboxylic acids is 4. The number of unbranched alkanes of at least 4 members (excludes halogenated alkanes) is 36. The Balaban J connectivity index is 5.35. The van der Waals surface area contributed by atoms with E-state index >= 15 is 0 Å². The molecule has 3 N–H and O–H groups in total. The molecule has 0 aromatic heterocycles. The van der Waals surface area contributed by atoms with Crippen molar-refractivity contribution in [2.24, 2.45) is 0 Å². The van der Waals surface area contributed by atoms with Gasteiger partial charge in [-0.25, -0.2) is 9.13 Å². The van der Waals surface area contributed by atoms with Crippen molar-refractivity contribution in [1.82, 2.24) is 0 Å². The summed E-state index contributed by atoms with van der Waals surface area (Å²) in [5, 5.41) is 10.7. The van der Waals surface area contributed by atoms with Gasteiger partial charge >= 0.3 is 39.5 Å². The maximum atomic E-state index is 13.1. The molecule has 5 atom stereocenters. The third-order valence-corrected chi connectivity index (χ3v) is 19.5. The van der Waals surface area contributed by atoms with Crippen LogP contribution < -0.4 is 0 Å². The summed E-state index contributed by atoms with van der Waals surface area (Å²) in [6, 6.07) is 0. The molecule has 0 aliphatic carbocycles. The zero-order chi connectivity index (χ0) is 76.0. The Hall–Kier alpha value is -4.02. The molecule has 19 heteroatoms. The van der Waals surface area contributed by atoms with Gasteiger partial charge in [0, 0.05) is 25.7 Å². The summed E-state index contributed by atoms with van der Waals surface area (Å²) in [5.74, 6) is -2.19. The number of phosphoric ester groups is 2. The van der Waals surface area contributed by atoms with Gasteiger partial charge in [0.15, 0.2) is 12.2 Å². The van der Waals surface area contributed by atoms with Gasteiger partial charge in [-0.15, -0.1) is 0 Å². The molecule has 5 unspecified atom stereocenters. The van der Waals surface area contributed by atoms with Crippen LogP contribution in [0.25, 0.3) is 0 Å². The molecule has 0 aliphatic rings. The molecule has 0 aromatic carbocycles. The van der Waals surface area contributed by atoms with Crippen LogP contribution in [0.2, 0.25) is 0 Å². The number of phosphoric acid groups is 2. The second kappa shape index (κ2) is 77.1. The molecule has 17 nitrogen and oxygen atoms in total. The van der Waals surface area contributed by atoms with E-state index in [4.69, 9.17) is 37.0 Å². The third kappa shape index (κ3) is 76.2. The minimum Gasteiger partial charge on any atom is -0.462 e. The van der Waals surface area contributed by atoms with Crippen molar-refractivity contribution in [3.8, 4) is 0 Å². The lowest BCUT2D eigenvalue weighted by Crippen LogP contribution is -2.30. The highest BCUT2D eigenvalue weighted by atomic mass is 31.2. The fraction of sp³-hybridized carbons (Fsp3) is 0.765. The number of aliphatic hydroxyl groups is 1. The minimum atomic E-state index is -4.98. The molecule has 0 saturated heterocycles. The average Bonchev–Trinajstić information content (AvgIpc) is 0.939. The van der Waals surface area contributed by atoms with Crippen molar-refractivity contribution < 1.29 is 80.2 Å². The van der Waals surface area contributed by atoms with E-state index in [1.165, 1.54) is 116 Å². The smallest absolute Gasteiger partial charge is 0.462 e. The first-order valence-corrected chi connectivity index (χ1v) is 44.5. The molecule has 0 fully saturated rings. The summed E-state index contributed by atoms with van der Waals surface area (Å²) in [5.41, 5.74) is 0. The average molecular weight is 1510 g/mol. The minimum absolute atomic E-state index is 0.0909. The fourth-order valence-electron chi connectivity index (χ4n) is 11.3. The number of allylic oxidation sites excluding steroid dienone is 16. The van der Waals surface area contributed by atoms with E-state index in [2.05, 4.69) is 125 Å². The monoisotopic (exact) mass is 1510 g/mol. The molecule has 104 heavy (non-hydrogen) atoms. The van der Waals surface area contributed by atoms with Gasteiger partial charge < -0.3 is 33.8 Å². The molecule has 602 valence electrons. The van der Waals surface area contributed by atoms with Crippen LogP contribution in [0.1, 0.15) is 362 Å².